The summed E-state index contributed by atoms with van der Waals surface area (Å²) in [6.45, 7) is 8.24. The lowest BCUT2D eigenvalue weighted by molar-refractivity contribution is 0.458. The summed E-state index contributed by atoms with van der Waals surface area (Å²) in [6, 6.07) is 12.3. The zero-order valence-corrected chi connectivity index (χ0v) is 12.0. The van der Waals surface area contributed by atoms with Gasteiger partial charge in [0, 0.05) is 0 Å². The van der Waals surface area contributed by atoms with Crippen LogP contribution in [0.3, 0.4) is 0 Å². The zero-order chi connectivity index (χ0) is 13.8. The third-order valence-electron chi connectivity index (χ3n) is 2.84. The number of hydrogen-bond acceptors (Lipinski definition) is 2. The zero-order valence-electron chi connectivity index (χ0n) is 12.0. The molecule has 98 valence electrons. The maximum atomic E-state index is 5.63. The predicted octanol–water partition coefficient (Wildman–Crippen LogP) is 3.64. The van der Waals surface area contributed by atoms with Gasteiger partial charge in [-0.25, -0.2) is 0 Å². The molecule has 0 unspecified atom stereocenters. The minimum absolute atomic E-state index is 0.228. The maximum absolute atomic E-state index is 5.63. The van der Waals surface area contributed by atoms with Gasteiger partial charge in [-0.05, 0) is 74.2 Å². The molecule has 19 heavy (non-hydrogen) atoms. The van der Waals surface area contributed by atoms with Gasteiger partial charge in [0.05, 0.1) is 0 Å². The van der Waals surface area contributed by atoms with Crippen LogP contribution >= 0.6 is 0 Å². The van der Waals surface area contributed by atoms with Crippen LogP contribution in [0.4, 0.5) is 0 Å². The summed E-state index contributed by atoms with van der Waals surface area (Å²) in [5.74, 6) is 1.70. The van der Waals surface area contributed by atoms with Gasteiger partial charge >= 0.3 is 7.69 Å². The van der Waals surface area contributed by atoms with E-state index in [0.29, 0.717) is 0 Å². The molecule has 2 aromatic carbocycles. The Hall–Kier alpha value is -1.90. The summed E-state index contributed by atoms with van der Waals surface area (Å²) >= 11 is 0. The van der Waals surface area contributed by atoms with Crippen molar-refractivity contribution in [2.75, 3.05) is 0 Å². The first-order valence-electron chi connectivity index (χ1n) is 6.45. The molecular formula is C16H19BO2. The summed E-state index contributed by atoms with van der Waals surface area (Å²) in [4.78, 5) is 0. The van der Waals surface area contributed by atoms with Crippen molar-refractivity contribution in [3.63, 3.8) is 0 Å². The first-order valence-corrected chi connectivity index (χ1v) is 6.45. The number of aryl methyl sites for hydroxylation is 4. The van der Waals surface area contributed by atoms with Crippen molar-refractivity contribution in [3.8, 4) is 11.5 Å². The van der Waals surface area contributed by atoms with Crippen LogP contribution in [0.1, 0.15) is 22.3 Å². The predicted molar refractivity (Wildman–Crippen MR) is 80.2 cm³/mol. The summed E-state index contributed by atoms with van der Waals surface area (Å²) < 4.78 is 11.3. The molecule has 0 aliphatic rings. The monoisotopic (exact) mass is 254 g/mol. The van der Waals surface area contributed by atoms with Crippen LogP contribution in [0.25, 0.3) is 0 Å². The highest BCUT2D eigenvalue weighted by Gasteiger charge is 2.02. The third kappa shape index (κ3) is 4.06. The quantitative estimate of drug-likeness (QED) is 0.775. The molecule has 0 bridgehead atoms. The number of benzene rings is 2. The van der Waals surface area contributed by atoms with Gasteiger partial charge in [0.2, 0.25) is 0 Å². The fourth-order valence-electron chi connectivity index (χ4n) is 2.20. The lowest BCUT2D eigenvalue weighted by Gasteiger charge is -2.10. The number of rotatable bonds is 4. The second-order valence-corrected chi connectivity index (χ2v) is 5.05. The Morgan fingerprint density at radius 2 is 0.895 bits per heavy atom. The van der Waals surface area contributed by atoms with Gasteiger partial charge in [-0.3, -0.25) is 0 Å². The molecular weight excluding hydrogens is 235 g/mol. The first kappa shape index (κ1) is 13.5. The van der Waals surface area contributed by atoms with Crippen molar-refractivity contribution in [1.82, 2.24) is 0 Å². The maximum Gasteiger partial charge on any atom is 0.576 e. The third-order valence-corrected chi connectivity index (χ3v) is 2.84. The van der Waals surface area contributed by atoms with Gasteiger partial charge in [-0.1, -0.05) is 12.1 Å². The molecule has 0 saturated carbocycles. The highest BCUT2D eigenvalue weighted by molar-refractivity contribution is 6.20. The molecule has 0 radical (unpaired) electrons. The van der Waals surface area contributed by atoms with Crippen molar-refractivity contribution in [1.29, 1.82) is 0 Å². The largest absolute Gasteiger partial charge is 0.576 e. The van der Waals surface area contributed by atoms with Crippen LogP contribution in [-0.2, 0) is 0 Å². The van der Waals surface area contributed by atoms with E-state index in [0.717, 1.165) is 11.5 Å². The molecule has 0 N–H and O–H groups in total. The van der Waals surface area contributed by atoms with Gasteiger partial charge in [0.25, 0.3) is 0 Å². The molecule has 2 aromatic rings. The Bertz CT molecular complexity index is 487. The average molecular weight is 254 g/mol. The summed E-state index contributed by atoms with van der Waals surface area (Å²) in [5.41, 5.74) is 4.78. The van der Waals surface area contributed by atoms with Gasteiger partial charge < -0.3 is 9.31 Å². The normalized spacial score (nSPS) is 10.1. The van der Waals surface area contributed by atoms with E-state index in [-0.39, 0.29) is 7.69 Å². The van der Waals surface area contributed by atoms with E-state index in [4.69, 9.17) is 9.31 Å². The van der Waals surface area contributed by atoms with E-state index in [2.05, 4.69) is 39.8 Å². The minimum Gasteiger partial charge on any atom is -0.529 e. The lowest BCUT2D eigenvalue weighted by Crippen LogP contribution is -2.11. The van der Waals surface area contributed by atoms with Crippen molar-refractivity contribution < 1.29 is 9.31 Å². The van der Waals surface area contributed by atoms with Gasteiger partial charge in [-0.15, -0.1) is 0 Å². The van der Waals surface area contributed by atoms with E-state index in [1.807, 2.05) is 24.3 Å². The summed E-state index contributed by atoms with van der Waals surface area (Å²) in [7, 11) is 0.228. The highest BCUT2D eigenvalue weighted by atomic mass is 16.6. The highest BCUT2D eigenvalue weighted by Crippen LogP contribution is 2.18. The van der Waals surface area contributed by atoms with Crippen LogP contribution in [0.15, 0.2) is 36.4 Å². The van der Waals surface area contributed by atoms with Gasteiger partial charge in [0.15, 0.2) is 0 Å². The standard InChI is InChI=1S/C16H19BO2/c1-11-5-12(2)8-15(7-11)18-17-19-16-9-13(3)6-14(4)10-16/h5-10,17H,1-4H3. The smallest absolute Gasteiger partial charge is 0.529 e. The molecule has 0 aromatic heterocycles. The van der Waals surface area contributed by atoms with Crippen LogP contribution in [0.2, 0.25) is 0 Å². The van der Waals surface area contributed by atoms with Crippen molar-refractivity contribution in [3.05, 3.63) is 58.7 Å². The van der Waals surface area contributed by atoms with E-state index in [1.165, 1.54) is 22.3 Å². The van der Waals surface area contributed by atoms with Crippen LogP contribution < -0.4 is 9.31 Å². The molecule has 0 aliphatic carbocycles. The average Bonchev–Trinajstić information content (AvgIpc) is 2.26. The summed E-state index contributed by atoms with van der Waals surface area (Å²) in [5, 5.41) is 0. The van der Waals surface area contributed by atoms with Crippen molar-refractivity contribution >= 4 is 7.69 Å². The molecule has 0 amide bonds. The van der Waals surface area contributed by atoms with Crippen LogP contribution in [-0.4, -0.2) is 7.69 Å². The van der Waals surface area contributed by atoms with Gasteiger partial charge in [0.1, 0.15) is 11.5 Å². The van der Waals surface area contributed by atoms with Crippen molar-refractivity contribution in [2.45, 2.75) is 27.7 Å². The molecule has 0 heterocycles. The molecule has 0 aliphatic heterocycles. The SMILES string of the molecule is Cc1cc(C)cc(OBOc2cc(C)cc(C)c2)c1. The fourth-order valence-corrected chi connectivity index (χ4v) is 2.20. The molecule has 0 atom stereocenters. The molecule has 0 spiro atoms. The Morgan fingerprint density at radius 3 is 1.21 bits per heavy atom. The van der Waals surface area contributed by atoms with E-state index < -0.39 is 0 Å². The fraction of sp³-hybridized carbons (Fsp3) is 0.250. The van der Waals surface area contributed by atoms with E-state index >= 15 is 0 Å². The molecule has 0 fully saturated rings. The van der Waals surface area contributed by atoms with Gasteiger partial charge in [-0.2, -0.15) is 0 Å². The molecule has 2 nitrogen and oxygen atoms in total. The van der Waals surface area contributed by atoms with Crippen LogP contribution in [0, 0.1) is 27.7 Å². The van der Waals surface area contributed by atoms with E-state index in [1.54, 1.807) is 0 Å². The molecule has 2 rings (SSSR count). The Balaban J connectivity index is 1.96. The lowest BCUT2D eigenvalue weighted by atomic mass is 10.1. The molecule has 0 saturated heterocycles. The minimum atomic E-state index is 0.228. The summed E-state index contributed by atoms with van der Waals surface area (Å²) in [6.07, 6.45) is 0. The van der Waals surface area contributed by atoms with Crippen LogP contribution in [0.5, 0.6) is 11.5 Å². The Morgan fingerprint density at radius 1 is 0.579 bits per heavy atom. The second-order valence-electron chi connectivity index (χ2n) is 5.05. The Labute approximate surface area is 115 Å². The first-order chi connectivity index (χ1) is 9.02. The molecule has 3 heteroatoms. The number of hydrogen-bond donors (Lipinski definition) is 0. The second kappa shape index (κ2) is 5.83. The Kier molecular flexibility index (Phi) is 4.15. The van der Waals surface area contributed by atoms with Crippen molar-refractivity contribution in [2.24, 2.45) is 0 Å². The van der Waals surface area contributed by atoms with E-state index in [9.17, 15) is 0 Å². The topological polar surface area (TPSA) is 18.5 Å².